The van der Waals surface area contributed by atoms with Gasteiger partial charge in [0.1, 0.15) is 5.75 Å². The molecule has 0 atom stereocenters. The van der Waals surface area contributed by atoms with Gasteiger partial charge in [-0.15, -0.1) is 0 Å². The molecule has 114 valence electrons. The molecule has 2 rings (SSSR count). The predicted octanol–water partition coefficient (Wildman–Crippen LogP) is 2.41. The van der Waals surface area contributed by atoms with Crippen molar-refractivity contribution in [1.82, 2.24) is 4.90 Å². The fraction of sp³-hybridized carbons (Fsp3) is 0.500. The van der Waals surface area contributed by atoms with E-state index in [0.29, 0.717) is 36.8 Å². The molecule has 0 radical (unpaired) electrons. The van der Waals surface area contributed by atoms with Crippen molar-refractivity contribution >= 4 is 11.9 Å². The fourth-order valence-corrected chi connectivity index (χ4v) is 2.04. The molecule has 1 fully saturated rings. The Labute approximate surface area is 124 Å². The molecule has 1 amide bonds. The number of ether oxygens (including phenoxy) is 1. The molecule has 0 saturated heterocycles. The monoisotopic (exact) mass is 291 g/mol. The van der Waals surface area contributed by atoms with E-state index in [2.05, 4.69) is 0 Å². The molecule has 0 bridgehead atoms. The molecule has 1 aliphatic rings. The minimum Gasteiger partial charge on any atom is -0.492 e. The van der Waals surface area contributed by atoms with E-state index in [1.54, 1.807) is 24.1 Å². The van der Waals surface area contributed by atoms with Crippen LogP contribution in [-0.4, -0.2) is 42.1 Å². The molecule has 1 N–H and O–H groups in total. The summed E-state index contributed by atoms with van der Waals surface area (Å²) in [6, 6.07) is 7.21. The molecular weight excluding hydrogens is 270 g/mol. The lowest BCUT2D eigenvalue weighted by atomic mass is 10.1. The van der Waals surface area contributed by atoms with Gasteiger partial charge in [-0.2, -0.15) is 0 Å². The zero-order valence-electron chi connectivity index (χ0n) is 12.2. The summed E-state index contributed by atoms with van der Waals surface area (Å²) in [7, 11) is 1.68. The molecule has 21 heavy (non-hydrogen) atoms. The quantitative estimate of drug-likeness (QED) is 0.798. The van der Waals surface area contributed by atoms with Crippen LogP contribution < -0.4 is 4.74 Å². The normalized spacial score (nSPS) is 13.8. The first kappa shape index (κ1) is 15.4. The Bertz CT molecular complexity index is 511. The van der Waals surface area contributed by atoms with E-state index >= 15 is 0 Å². The smallest absolute Gasteiger partial charge is 0.303 e. The lowest BCUT2D eigenvalue weighted by Crippen LogP contribution is -2.28. The summed E-state index contributed by atoms with van der Waals surface area (Å²) in [4.78, 5) is 24.5. The number of hydrogen-bond acceptors (Lipinski definition) is 3. The number of carbonyl (C=O) groups excluding carboxylic acids is 1. The second-order valence-electron chi connectivity index (χ2n) is 5.47. The van der Waals surface area contributed by atoms with Crippen LogP contribution in [0.1, 0.15) is 36.0 Å². The van der Waals surface area contributed by atoms with Crippen LogP contribution in [0, 0.1) is 5.92 Å². The Kier molecular flexibility index (Phi) is 5.20. The number of aliphatic carboxylic acids is 1. The standard InChI is InChI=1S/C16H21NO4/c1-17(10-4-7-15(18)19)16(20)13-5-2-3-6-14(13)21-11-12-8-9-12/h2-3,5-6,12H,4,7-11H2,1H3,(H,18,19). The van der Waals surface area contributed by atoms with Gasteiger partial charge in [0.25, 0.3) is 5.91 Å². The number of carboxylic acids is 1. The molecule has 1 aliphatic carbocycles. The molecule has 0 aromatic heterocycles. The highest BCUT2D eigenvalue weighted by atomic mass is 16.5. The summed E-state index contributed by atoms with van der Waals surface area (Å²) in [5.74, 6) is 0.261. The molecule has 0 aliphatic heterocycles. The third-order valence-corrected chi connectivity index (χ3v) is 3.52. The molecular formula is C16H21NO4. The van der Waals surface area contributed by atoms with Gasteiger partial charge in [0.15, 0.2) is 0 Å². The average molecular weight is 291 g/mol. The van der Waals surface area contributed by atoms with E-state index in [9.17, 15) is 9.59 Å². The van der Waals surface area contributed by atoms with Gasteiger partial charge in [-0.25, -0.2) is 0 Å². The Balaban J connectivity index is 1.94. The minimum absolute atomic E-state index is 0.0669. The topological polar surface area (TPSA) is 66.8 Å². The molecule has 1 aromatic rings. The Morgan fingerprint density at radius 2 is 2.05 bits per heavy atom. The van der Waals surface area contributed by atoms with Crippen molar-refractivity contribution in [2.75, 3.05) is 20.2 Å². The fourth-order valence-electron chi connectivity index (χ4n) is 2.04. The van der Waals surface area contributed by atoms with Crippen LogP contribution in [-0.2, 0) is 4.79 Å². The van der Waals surface area contributed by atoms with Crippen LogP contribution in [0.25, 0.3) is 0 Å². The molecule has 1 aromatic carbocycles. The van der Waals surface area contributed by atoms with Gasteiger partial charge >= 0.3 is 5.97 Å². The van der Waals surface area contributed by atoms with Gasteiger partial charge in [-0.3, -0.25) is 9.59 Å². The van der Waals surface area contributed by atoms with E-state index < -0.39 is 5.97 Å². The van der Waals surface area contributed by atoms with E-state index in [1.165, 1.54) is 12.8 Å². The molecule has 0 spiro atoms. The summed E-state index contributed by atoms with van der Waals surface area (Å²) in [6.45, 7) is 1.08. The summed E-state index contributed by atoms with van der Waals surface area (Å²) in [5.41, 5.74) is 0.538. The van der Waals surface area contributed by atoms with Crippen LogP contribution in [0.5, 0.6) is 5.75 Å². The van der Waals surface area contributed by atoms with E-state index in [0.717, 1.165) is 0 Å². The van der Waals surface area contributed by atoms with Gasteiger partial charge in [0.2, 0.25) is 0 Å². The number of benzene rings is 1. The van der Waals surface area contributed by atoms with Crippen LogP contribution in [0.2, 0.25) is 0 Å². The van der Waals surface area contributed by atoms with Crippen molar-refractivity contribution in [1.29, 1.82) is 0 Å². The summed E-state index contributed by atoms with van der Waals surface area (Å²) in [6.07, 6.45) is 2.91. The van der Waals surface area contributed by atoms with Crippen LogP contribution in [0.15, 0.2) is 24.3 Å². The molecule has 0 unspecified atom stereocenters. The maximum Gasteiger partial charge on any atom is 0.303 e. The minimum atomic E-state index is -0.844. The number of rotatable bonds is 8. The van der Waals surface area contributed by atoms with Crippen molar-refractivity contribution in [3.63, 3.8) is 0 Å². The number of para-hydroxylation sites is 1. The Hall–Kier alpha value is -2.04. The van der Waals surface area contributed by atoms with Gasteiger partial charge in [-0.1, -0.05) is 12.1 Å². The van der Waals surface area contributed by atoms with Crippen LogP contribution in [0.3, 0.4) is 0 Å². The van der Waals surface area contributed by atoms with Crippen molar-refractivity contribution in [2.24, 2.45) is 5.92 Å². The first-order chi connectivity index (χ1) is 10.1. The van der Waals surface area contributed by atoms with E-state index in [4.69, 9.17) is 9.84 Å². The maximum atomic E-state index is 12.4. The third-order valence-electron chi connectivity index (χ3n) is 3.52. The van der Waals surface area contributed by atoms with Crippen LogP contribution in [0.4, 0.5) is 0 Å². The van der Waals surface area contributed by atoms with Crippen molar-refractivity contribution < 1.29 is 19.4 Å². The number of hydrogen-bond donors (Lipinski definition) is 1. The number of carbonyl (C=O) groups is 2. The van der Waals surface area contributed by atoms with E-state index in [1.807, 2.05) is 12.1 Å². The van der Waals surface area contributed by atoms with E-state index in [-0.39, 0.29) is 12.3 Å². The highest BCUT2D eigenvalue weighted by molar-refractivity contribution is 5.96. The Morgan fingerprint density at radius 3 is 2.71 bits per heavy atom. The van der Waals surface area contributed by atoms with Crippen molar-refractivity contribution in [3.8, 4) is 5.75 Å². The first-order valence-electron chi connectivity index (χ1n) is 7.27. The van der Waals surface area contributed by atoms with Crippen molar-refractivity contribution in [3.05, 3.63) is 29.8 Å². The van der Waals surface area contributed by atoms with Crippen LogP contribution >= 0.6 is 0 Å². The number of amides is 1. The molecule has 1 saturated carbocycles. The SMILES string of the molecule is CN(CCCC(=O)O)C(=O)c1ccccc1OCC1CC1. The lowest BCUT2D eigenvalue weighted by molar-refractivity contribution is -0.137. The predicted molar refractivity (Wildman–Crippen MR) is 78.5 cm³/mol. The number of carboxylic acid groups (broad SMARTS) is 1. The first-order valence-corrected chi connectivity index (χ1v) is 7.27. The second-order valence-corrected chi connectivity index (χ2v) is 5.47. The Morgan fingerprint density at radius 1 is 1.33 bits per heavy atom. The second kappa shape index (κ2) is 7.11. The van der Waals surface area contributed by atoms with Gasteiger partial charge in [-0.05, 0) is 37.3 Å². The molecule has 5 heteroatoms. The van der Waals surface area contributed by atoms with Gasteiger partial charge < -0.3 is 14.7 Å². The summed E-state index contributed by atoms with van der Waals surface area (Å²) >= 11 is 0. The maximum absolute atomic E-state index is 12.4. The lowest BCUT2D eigenvalue weighted by Gasteiger charge is -2.18. The summed E-state index contributed by atoms with van der Waals surface area (Å²) in [5, 5.41) is 8.63. The summed E-state index contributed by atoms with van der Waals surface area (Å²) < 4.78 is 5.73. The highest BCUT2D eigenvalue weighted by Crippen LogP contribution is 2.30. The highest BCUT2D eigenvalue weighted by Gasteiger charge is 2.23. The van der Waals surface area contributed by atoms with Gasteiger partial charge in [0, 0.05) is 20.0 Å². The largest absolute Gasteiger partial charge is 0.492 e. The average Bonchev–Trinajstić information content (AvgIpc) is 3.28. The zero-order valence-corrected chi connectivity index (χ0v) is 12.2. The molecule has 0 heterocycles. The third kappa shape index (κ3) is 4.77. The molecule has 5 nitrogen and oxygen atoms in total. The number of nitrogens with zero attached hydrogens (tertiary/aromatic N) is 1. The van der Waals surface area contributed by atoms with Gasteiger partial charge in [0.05, 0.1) is 12.2 Å². The van der Waals surface area contributed by atoms with Crippen molar-refractivity contribution in [2.45, 2.75) is 25.7 Å². The zero-order chi connectivity index (χ0) is 15.2.